The molecule has 14 heavy (non-hydrogen) atoms. The number of carbonyl (C=O) groups excluding carboxylic acids is 1. The van der Waals surface area contributed by atoms with Gasteiger partial charge in [0.1, 0.15) is 17.4 Å². The highest BCUT2D eigenvalue weighted by molar-refractivity contribution is 5.75. The van der Waals surface area contributed by atoms with Crippen molar-refractivity contribution in [1.82, 2.24) is 0 Å². The lowest BCUT2D eigenvalue weighted by atomic mass is 10.0. The zero-order valence-electron chi connectivity index (χ0n) is 8.23. The normalized spacial score (nSPS) is 10.3. The van der Waals surface area contributed by atoms with E-state index >= 15 is 0 Å². The second-order valence-electron chi connectivity index (χ2n) is 3.36. The van der Waals surface area contributed by atoms with Crippen LogP contribution in [0.25, 0.3) is 0 Å². The molecule has 1 nitrogen and oxygen atoms in total. The van der Waals surface area contributed by atoms with Crippen LogP contribution in [0.4, 0.5) is 8.78 Å². The van der Waals surface area contributed by atoms with Gasteiger partial charge in [-0.05, 0) is 31.9 Å². The van der Waals surface area contributed by atoms with Gasteiger partial charge in [-0.1, -0.05) is 6.07 Å². The predicted molar refractivity (Wildman–Crippen MR) is 50.1 cm³/mol. The van der Waals surface area contributed by atoms with Crippen LogP contribution in [0, 0.1) is 18.6 Å². The van der Waals surface area contributed by atoms with Crippen LogP contribution >= 0.6 is 0 Å². The number of rotatable bonds is 3. The number of benzene rings is 1. The SMILES string of the molecule is CC(=O)CCc1c(F)ccc(C)c1F. The maximum absolute atomic E-state index is 13.4. The van der Waals surface area contributed by atoms with E-state index in [1.165, 1.54) is 19.1 Å². The molecule has 0 radical (unpaired) electrons. The van der Waals surface area contributed by atoms with Crippen molar-refractivity contribution in [3.8, 4) is 0 Å². The third-order valence-electron chi connectivity index (χ3n) is 2.11. The molecule has 0 bridgehead atoms. The Balaban J connectivity index is 2.95. The van der Waals surface area contributed by atoms with Gasteiger partial charge in [0.25, 0.3) is 0 Å². The first-order valence-corrected chi connectivity index (χ1v) is 4.45. The lowest BCUT2D eigenvalue weighted by Gasteiger charge is -2.05. The number of carbonyl (C=O) groups is 1. The summed E-state index contributed by atoms with van der Waals surface area (Å²) in [7, 11) is 0. The van der Waals surface area contributed by atoms with Crippen LogP contribution in [0.15, 0.2) is 12.1 Å². The van der Waals surface area contributed by atoms with E-state index in [4.69, 9.17) is 0 Å². The van der Waals surface area contributed by atoms with Gasteiger partial charge < -0.3 is 4.79 Å². The molecular formula is C11H12F2O. The molecule has 0 unspecified atom stereocenters. The number of Topliss-reactive ketones (excluding diaryl/α,β-unsaturated/α-hetero) is 1. The van der Waals surface area contributed by atoms with Crippen molar-refractivity contribution < 1.29 is 13.6 Å². The van der Waals surface area contributed by atoms with E-state index in [9.17, 15) is 13.6 Å². The number of hydrogen-bond donors (Lipinski definition) is 0. The molecule has 0 aliphatic rings. The van der Waals surface area contributed by atoms with E-state index < -0.39 is 11.6 Å². The van der Waals surface area contributed by atoms with Gasteiger partial charge in [-0.2, -0.15) is 0 Å². The summed E-state index contributed by atoms with van der Waals surface area (Å²) in [5.41, 5.74) is 0.421. The van der Waals surface area contributed by atoms with Gasteiger partial charge in [0.15, 0.2) is 0 Å². The predicted octanol–water partition coefficient (Wildman–Crippen LogP) is 2.79. The van der Waals surface area contributed by atoms with E-state index in [0.29, 0.717) is 5.56 Å². The molecular weight excluding hydrogens is 186 g/mol. The minimum absolute atomic E-state index is 0.0141. The van der Waals surface area contributed by atoms with Crippen LogP contribution in [-0.4, -0.2) is 5.78 Å². The van der Waals surface area contributed by atoms with Gasteiger partial charge in [0.05, 0.1) is 0 Å². The zero-order valence-corrected chi connectivity index (χ0v) is 8.23. The summed E-state index contributed by atoms with van der Waals surface area (Å²) in [6.45, 7) is 2.98. The Hall–Kier alpha value is -1.25. The quantitative estimate of drug-likeness (QED) is 0.729. The average molecular weight is 198 g/mol. The number of hydrogen-bond acceptors (Lipinski definition) is 1. The largest absolute Gasteiger partial charge is 0.300 e. The molecule has 0 spiro atoms. The molecule has 0 aromatic heterocycles. The van der Waals surface area contributed by atoms with Crippen LogP contribution in [0.1, 0.15) is 24.5 Å². The smallest absolute Gasteiger partial charge is 0.132 e. The van der Waals surface area contributed by atoms with Crippen molar-refractivity contribution in [3.63, 3.8) is 0 Å². The summed E-state index contributed by atoms with van der Waals surface area (Å²) in [5, 5.41) is 0. The Bertz CT molecular complexity index is 359. The molecule has 0 N–H and O–H groups in total. The first-order valence-electron chi connectivity index (χ1n) is 4.45. The average Bonchev–Trinajstić information content (AvgIpc) is 2.11. The fraction of sp³-hybridized carbons (Fsp3) is 0.364. The van der Waals surface area contributed by atoms with Crippen molar-refractivity contribution >= 4 is 5.78 Å². The van der Waals surface area contributed by atoms with Crippen LogP contribution < -0.4 is 0 Å². The van der Waals surface area contributed by atoms with E-state index in [-0.39, 0.29) is 24.2 Å². The number of aryl methyl sites for hydroxylation is 1. The molecule has 0 aliphatic heterocycles. The summed E-state index contributed by atoms with van der Waals surface area (Å²) < 4.78 is 26.5. The molecule has 1 rings (SSSR count). The lowest BCUT2D eigenvalue weighted by molar-refractivity contribution is -0.116. The van der Waals surface area contributed by atoms with E-state index in [2.05, 4.69) is 0 Å². The first-order chi connectivity index (χ1) is 6.52. The minimum atomic E-state index is -0.575. The Kier molecular flexibility index (Phi) is 3.33. The Morgan fingerprint density at radius 3 is 2.57 bits per heavy atom. The molecule has 1 aromatic rings. The second-order valence-corrected chi connectivity index (χ2v) is 3.36. The fourth-order valence-corrected chi connectivity index (χ4v) is 1.24. The molecule has 1 aromatic carbocycles. The Morgan fingerprint density at radius 1 is 1.36 bits per heavy atom. The van der Waals surface area contributed by atoms with Gasteiger partial charge in [0.2, 0.25) is 0 Å². The van der Waals surface area contributed by atoms with Crippen molar-refractivity contribution in [3.05, 3.63) is 34.9 Å². The summed E-state index contributed by atoms with van der Waals surface area (Å²) in [6, 6.07) is 2.62. The van der Waals surface area contributed by atoms with Gasteiger partial charge >= 0.3 is 0 Å². The monoisotopic (exact) mass is 198 g/mol. The van der Waals surface area contributed by atoms with Crippen LogP contribution in [0.3, 0.4) is 0 Å². The molecule has 0 amide bonds. The van der Waals surface area contributed by atoms with Gasteiger partial charge in [0, 0.05) is 12.0 Å². The highest BCUT2D eigenvalue weighted by Crippen LogP contribution is 2.17. The van der Waals surface area contributed by atoms with Gasteiger partial charge in [-0.3, -0.25) is 0 Å². The standard InChI is InChI=1S/C11H12F2O/c1-7-3-6-10(12)9(11(7)13)5-4-8(2)14/h3,6H,4-5H2,1-2H3. The molecule has 3 heteroatoms. The molecule has 0 saturated carbocycles. The van der Waals surface area contributed by atoms with Crippen molar-refractivity contribution in [1.29, 1.82) is 0 Å². The number of ketones is 1. The fourth-order valence-electron chi connectivity index (χ4n) is 1.24. The van der Waals surface area contributed by atoms with E-state index in [0.717, 1.165) is 0 Å². The summed E-state index contributed by atoms with van der Waals surface area (Å²) >= 11 is 0. The summed E-state index contributed by atoms with van der Waals surface area (Å²) in [6.07, 6.45) is 0.311. The topological polar surface area (TPSA) is 17.1 Å². The zero-order chi connectivity index (χ0) is 10.7. The van der Waals surface area contributed by atoms with E-state index in [1.54, 1.807) is 6.92 Å². The molecule has 0 heterocycles. The van der Waals surface area contributed by atoms with E-state index in [1.807, 2.05) is 0 Å². The van der Waals surface area contributed by atoms with Crippen molar-refractivity contribution in [2.24, 2.45) is 0 Å². The maximum atomic E-state index is 13.4. The van der Waals surface area contributed by atoms with Gasteiger partial charge in [-0.15, -0.1) is 0 Å². The summed E-state index contributed by atoms with van der Waals surface area (Å²) in [5.74, 6) is -1.18. The molecule has 0 fully saturated rings. The minimum Gasteiger partial charge on any atom is -0.300 e. The highest BCUT2D eigenvalue weighted by Gasteiger charge is 2.11. The third-order valence-corrected chi connectivity index (χ3v) is 2.11. The lowest BCUT2D eigenvalue weighted by Crippen LogP contribution is -2.01. The van der Waals surface area contributed by atoms with Crippen LogP contribution in [-0.2, 0) is 11.2 Å². The molecule has 0 aliphatic carbocycles. The maximum Gasteiger partial charge on any atom is 0.132 e. The van der Waals surface area contributed by atoms with Crippen LogP contribution in [0.2, 0.25) is 0 Å². The Labute approximate surface area is 81.7 Å². The molecule has 76 valence electrons. The second kappa shape index (κ2) is 4.31. The van der Waals surface area contributed by atoms with Crippen LogP contribution in [0.5, 0.6) is 0 Å². The Morgan fingerprint density at radius 2 is 2.00 bits per heavy atom. The molecule has 0 atom stereocenters. The molecule has 0 saturated heterocycles. The summed E-state index contributed by atoms with van der Waals surface area (Å²) in [4.78, 5) is 10.7. The van der Waals surface area contributed by atoms with Crippen molar-refractivity contribution in [2.75, 3.05) is 0 Å². The third kappa shape index (κ3) is 2.37. The first kappa shape index (κ1) is 10.8. The van der Waals surface area contributed by atoms with Gasteiger partial charge in [-0.25, -0.2) is 8.78 Å². The van der Waals surface area contributed by atoms with Crippen molar-refractivity contribution in [2.45, 2.75) is 26.7 Å². The highest BCUT2D eigenvalue weighted by atomic mass is 19.1. The number of halogens is 2.